The van der Waals surface area contributed by atoms with Gasteiger partial charge < -0.3 is 6.92 Å². The topological polar surface area (TPSA) is 0 Å². The molecule has 0 radical (unpaired) electrons. The van der Waals surface area contributed by atoms with Crippen LogP contribution in [0.1, 0.15) is 39.0 Å². The van der Waals surface area contributed by atoms with Crippen LogP contribution in [0.5, 0.6) is 0 Å². The third-order valence-corrected chi connectivity index (χ3v) is 1.10. The molecule has 0 aliphatic carbocycles. The van der Waals surface area contributed by atoms with E-state index < -0.39 is 0 Å². The van der Waals surface area contributed by atoms with Crippen LogP contribution in [0.2, 0.25) is 0 Å². The molecule has 0 saturated heterocycles. The molecule has 50 valence electrons. The van der Waals surface area contributed by atoms with Gasteiger partial charge in [-0.3, -0.25) is 0 Å². The number of hydrogen-bond acceptors (Lipinski definition) is 0. The molecule has 8 heavy (non-hydrogen) atoms. The number of rotatable bonds is 4. The third kappa shape index (κ3) is 10.3. The van der Waals surface area contributed by atoms with Gasteiger partial charge in [0.2, 0.25) is 0 Å². The SMILES string of the molecule is [CH2-]CCCCCC.[Sm]. The Morgan fingerprint density at radius 3 is 2.12 bits per heavy atom. The summed E-state index contributed by atoms with van der Waals surface area (Å²) in [5, 5.41) is 0. The van der Waals surface area contributed by atoms with Gasteiger partial charge in [-0.15, -0.1) is 0 Å². The second-order valence-corrected chi connectivity index (χ2v) is 1.91. The molecule has 0 bridgehead atoms. The first-order chi connectivity index (χ1) is 3.41. The molecule has 0 atom stereocenters. The van der Waals surface area contributed by atoms with Crippen LogP contribution in [-0.4, -0.2) is 0 Å². The van der Waals surface area contributed by atoms with E-state index in [1.165, 1.54) is 25.7 Å². The van der Waals surface area contributed by atoms with Crippen molar-refractivity contribution >= 4 is 0 Å². The molecular weight excluding hydrogens is 234 g/mol. The summed E-state index contributed by atoms with van der Waals surface area (Å²) in [4.78, 5) is 0. The predicted molar refractivity (Wildman–Crippen MR) is 34.1 cm³/mol. The second-order valence-electron chi connectivity index (χ2n) is 1.91. The molecule has 0 aromatic heterocycles. The van der Waals surface area contributed by atoms with Crippen LogP contribution < -0.4 is 0 Å². The number of hydrogen-bond donors (Lipinski definition) is 0. The molecule has 0 N–H and O–H groups in total. The molecule has 0 aromatic rings. The maximum atomic E-state index is 3.76. The zero-order chi connectivity index (χ0) is 5.54. The van der Waals surface area contributed by atoms with Gasteiger partial charge in [-0.1, -0.05) is 32.6 Å². The molecule has 0 nitrogen and oxygen atoms in total. The minimum Gasteiger partial charge on any atom is -0.343 e. The summed E-state index contributed by atoms with van der Waals surface area (Å²) < 4.78 is 0. The van der Waals surface area contributed by atoms with E-state index in [9.17, 15) is 0 Å². The van der Waals surface area contributed by atoms with Crippen LogP contribution in [0.4, 0.5) is 0 Å². The molecule has 0 aromatic carbocycles. The van der Waals surface area contributed by atoms with E-state index >= 15 is 0 Å². The zero-order valence-electron chi connectivity index (χ0n) is 5.65. The smallest absolute Gasteiger partial charge is 0 e. The Kier molecular flexibility index (Phi) is 16.8. The van der Waals surface area contributed by atoms with Gasteiger partial charge in [0, 0.05) is 40.4 Å². The summed E-state index contributed by atoms with van der Waals surface area (Å²) in [6, 6.07) is 0. The van der Waals surface area contributed by atoms with Crippen LogP contribution in [0.25, 0.3) is 0 Å². The Bertz CT molecular complexity index is 23.6. The van der Waals surface area contributed by atoms with Crippen LogP contribution in [0.3, 0.4) is 0 Å². The average molecular weight is 250 g/mol. The Hall–Kier alpha value is 1.34. The largest absolute Gasteiger partial charge is 0.343 e. The minimum atomic E-state index is 0. The maximum Gasteiger partial charge on any atom is 0 e. The van der Waals surface area contributed by atoms with Crippen LogP contribution >= 0.6 is 0 Å². The summed E-state index contributed by atoms with van der Waals surface area (Å²) in [5.41, 5.74) is 0. The Labute approximate surface area is 85.5 Å². The molecule has 0 aliphatic rings. The van der Waals surface area contributed by atoms with Crippen molar-refractivity contribution in [2.45, 2.75) is 39.0 Å². The predicted octanol–water partition coefficient (Wildman–Crippen LogP) is 2.79. The van der Waals surface area contributed by atoms with Crippen molar-refractivity contribution in [3.05, 3.63) is 6.92 Å². The maximum absolute atomic E-state index is 3.76. The fourth-order valence-electron chi connectivity index (χ4n) is 0.604. The average Bonchev–Trinajstić information content (AvgIpc) is 1.69. The van der Waals surface area contributed by atoms with Crippen molar-refractivity contribution in [2.75, 3.05) is 0 Å². The normalized spacial score (nSPS) is 8.25. The monoisotopic (exact) mass is 251 g/mol. The standard InChI is InChI=1S/C7H15.Sm/c1-3-5-7-6-4-2;/h1,3-7H2,2H3;/q-1;. The summed E-state index contributed by atoms with van der Waals surface area (Å²) in [6.45, 7) is 5.98. The van der Waals surface area contributed by atoms with Crippen molar-refractivity contribution in [2.24, 2.45) is 0 Å². The van der Waals surface area contributed by atoms with Gasteiger partial charge in [0.1, 0.15) is 0 Å². The van der Waals surface area contributed by atoms with Crippen molar-refractivity contribution in [3.63, 3.8) is 0 Å². The molecule has 0 spiro atoms. The zero-order valence-corrected chi connectivity index (χ0v) is 8.27. The van der Waals surface area contributed by atoms with Gasteiger partial charge in [0.05, 0.1) is 0 Å². The van der Waals surface area contributed by atoms with E-state index in [0.717, 1.165) is 6.42 Å². The van der Waals surface area contributed by atoms with Crippen LogP contribution in [0.15, 0.2) is 0 Å². The van der Waals surface area contributed by atoms with Crippen molar-refractivity contribution in [3.8, 4) is 0 Å². The van der Waals surface area contributed by atoms with Crippen molar-refractivity contribution in [1.29, 1.82) is 0 Å². The Morgan fingerprint density at radius 1 is 1.12 bits per heavy atom. The quantitative estimate of drug-likeness (QED) is 0.531. The molecule has 0 heterocycles. The number of unbranched alkanes of at least 4 members (excludes halogenated alkanes) is 4. The van der Waals surface area contributed by atoms with Crippen molar-refractivity contribution in [1.82, 2.24) is 0 Å². The first-order valence-electron chi connectivity index (χ1n) is 3.21. The first-order valence-corrected chi connectivity index (χ1v) is 3.21. The third-order valence-electron chi connectivity index (χ3n) is 1.10. The molecule has 0 rings (SSSR count). The molecule has 0 aliphatic heterocycles. The summed E-state index contributed by atoms with van der Waals surface area (Å²) >= 11 is 0. The van der Waals surface area contributed by atoms with Gasteiger partial charge in [0.25, 0.3) is 0 Å². The van der Waals surface area contributed by atoms with Crippen molar-refractivity contribution < 1.29 is 40.4 Å². The molecule has 0 saturated carbocycles. The summed E-state index contributed by atoms with van der Waals surface area (Å²) in [6.07, 6.45) is 6.52. The van der Waals surface area contributed by atoms with E-state index in [2.05, 4.69) is 13.8 Å². The van der Waals surface area contributed by atoms with E-state index in [1.54, 1.807) is 0 Å². The molecule has 1 heteroatoms. The fraction of sp³-hybridized carbons (Fsp3) is 0.857. The summed E-state index contributed by atoms with van der Waals surface area (Å²) in [5.74, 6) is 0. The minimum absolute atomic E-state index is 0. The van der Waals surface area contributed by atoms with Crippen LogP contribution in [0, 0.1) is 47.3 Å². The van der Waals surface area contributed by atoms with Gasteiger partial charge in [-0.05, 0) is 0 Å². The Balaban J connectivity index is 0. The van der Waals surface area contributed by atoms with E-state index in [1.807, 2.05) is 0 Å². The fourth-order valence-corrected chi connectivity index (χ4v) is 0.604. The van der Waals surface area contributed by atoms with Gasteiger partial charge in [-0.2, -0.15) is 6.42 Å². The van der Waals surface area contributed by atoms with Crippen LogP contribution in [-0.2, 0) is 0 Å². The molecular formula is C7H15Sm-. The van der Waals surface area contributed by atoms with E-state index in [-0.39, 0.29) is 40.4 Å². The van der Waals surface area contributed by atoms with E-state index in [0.29, 0.717) is 0 Å². The van der Waals surface area contributed by atoms with Gasteiger partial charge >= 0.3 is 0 Å². The van der Waals surface area contributed by atoms with Gasteiger partial charge in [-0.25, -0.2) is 0 Å². The summed E-state index contributed by atoms with van der Waals surface area (Å²) in [7, 11) is 0. The second kappa shape index (κ2) is 11.2. The van der Waals surface area contributed by atoms with E-state index in [4.69, 9.17) is 0 Å². The Morgan fingerprint density at radius 2 is 1.75 bits per heavy atom. The molecule has 0 unspecified atom stereocenters. The van der Waals surface area contributed by atoms with Gasteiger partial charge in [0.15, 0.2) is 0 Å². The molecule has 0 fully saturated rings. The first kappa shape index (κ1) is 12.1. The molecule has 0 amide bonds.